The van der Waals surface area contributed by atoms with Crippen molar-refractivity contribution in [3.05, 3.63) is 35.9 Å². The van der Waals surface area contributed by atoms with Crippen molar-refractivity contribution in [3.63, 3.8) is 0 Å². The Hall–Kier alpha value is -2.90. The molecule has 1 aliphatic heterocycles. The van der Waals surface area contributed by atoms with Crippen LogP contribution in [0.1, 0.15) is 32.3 Å². The van der Waals surface area contributed by atoms with Gasteiger partial charge in [-0.25, -0.2) is 9.59 Å². The van der Waals surface area contributed by atoms with Gasteiger partial charge in [0.05, 0.1) is 6.42 Å². The van der Waals surface area contributed by atoms with Crippen LogP contribution >= 0.6 is 0 Å². The zero-order chi connectivity index (χ0) is 19.1. The molecule has 0 saturated carbocycles. The van der Waals surface area contributed by atoms with Crippen molar-refractivity contribution in [1.82, 2.24) is 10.6 Å². The monoisotopic (exact) mass is 362 g/mol. The van der Waals surface area contributed by atoms with E-state index in [0.29, 0.717) is 6.42 Å². The molecule has 0 spiro atoms. The lowest BCUT2D eigenvalue weighted by Crippen LogP contribution is -2.44. The smallest absolute Gasteiger partial charge is 0.408 e. The highest BCUT2D eigenvalue weighted by Gasteiger charge is 2.36. The summed E-state index contributed by atoms with van der Waals surface area (Å²) in [6.07, 6.45) is -1.82. The van der Waals surface area contributed by atoms with Crippen molar-refractivity contribution >= 4 is 23.9 Å². The van der Waals surface area contributed by atoms with Crippen LogP contribution in [0.25, 0.3) is 0 Å². The number of hydrogen-bond donors (Lipinski definition) is 2. The Bertz CT molecular complexity index is 674. The highest BCUT2D eigenvalue weighted by molar-refractivity contribution is 6.05. The maximum Gasteiger partial charge on any atom is 0.408 e. The van der Waals surface area contributed by atoms with Crippen LogP contribution in [-0.4, -0.2) is 36.0 Å². The highest BCUT2D eigenvalue weighted by Crippen LogP contribution is 2.12. The number of rotatable bonds is 7. The van der Waals surface area contributed by atoms with Gasteiger partial charge in [0.25, 0.3) is 5.91 Å². The molecular formula is C18H22N2O6. The summed E-state index contributed by atoms with van der Waals surface area (Å²) >= 11 is 0. The predicted molar refractivity (Wildman–Crippen MR) is 90.7 cm³/mol. The fourth-order valence-electron chi connectivity index (χ4n) is 2.44. The lowest BCUT2D eigenvalue weighted by molar-refractivity contribution is -0.156. The van der Waals surface area contributed by atoms with E-state index in [1.165, 1.54) is 0 Å². The molecule has 1 aromatic carbocycles. The summed E-state index contributed by atoms with van der Waals surface area (Å²) in [4.78, 5) is 47.0. The molecule has 0 radical (unpaired) electrons. The summed E-state index contributed by atoms with van der Waals surface area (Å²) < 4.78 is 10.2. The molecule has 26 heavy (non-hydrogen) atoms. The molecule has 3 amide bonds. The molecule has 1 heterocycles. The Kier molecular flexibility index (Phi) is 6.71. The van der Waals surface area contributed by atoms with E-state index in [4.69, 9.17) is 9.47 Å². The van der Waals surface area contributed by atoms with E-state index < -0.39 is 36.0 Å². The molecule has 8 nitrogen and oxygen atoms in total. The number of carbonyl (C=O) groups is 4. The van der Waals surface area contributed by atoms with Crippen LogP contribution in [-0.2, 0) is 30.5 Å². The van der Waals surface area contributed by atoms with Crippen LogP contribution in [0.15, 0.2) is 30.3 Å². The van der Waals surface area contributed by atoms with Crippen molar-refractivity contribution in [2.75, 3.05) is 0 Å². The van der Waals surface area contributed by atoms with Crippen molar-refractivity contribution in [2.45, 2.75) is 45.4 Å². The van der Waals surface area contributed by atoms with Crippen LogP contribution in [0.4, 0.5) is 4.79 Å². The first-order valence-corrected chi connectivity index (χ1v) is 8.36. The molecular weight excluding hydrogens is 340 g/mol. The third-order valence-electron chi connectivity index (χ3n) is 3.68. The van der Waals surface area contributed by atoms with Gasteiger partial charge in [0, 0.05) is 0 Å². The van der Waals surface area contributed by atoms with Gasteiger partial charge >= 0.3 is 12.1 Å². The molecule has 1 aliphatic rings. The fraction of sp³-hybridized carbons (Fsp3) is 0.444. The number of hydrogen-bond acceptors (Lipinski definition) is 6. The van der Waals surface area contributed by atoms with Gasteiger partial charge in [-0.2, -0.15) is 0 Å². The second-order valence-corrected chi connectivity index (χ2v) is 6.43. The minimum Gasteiger partial charge on any atom is -0.450 e. The van der Waals surface area contributed by atoms with Crippen LogP contribution in [0.2, 0.25) is 0 Å². The summed E-state index contributed by atoms with van der Waals surface area (Å²) in [5.41, 5.74) is 0.812. The van der Waals surface area contributed by atoms with Gasteiger partial charge in [0.2, 0.25) is 5.91 Å². The normalized spacial score (nSPS) is 17.6. The number of imide groups is 1. The number of alkyl carbamates (subject to hydrolysis) is 1. The lowest BCUT2D eigenvalue weighted by Gasteiger charge is -2.20. The lowest BCUT2D eigenvalue weighted by atomic mass is 10.0. The van der Waals surface area contributed by atoms with Crippen molar-refractivity contribution in [1.29, 1.82) is 0 Å². The van der Waals surface area contributed by atoms with E-state index in [0.717, 1.165) is 5.56 Å². The quantitative estimate of drug-likeness (QED) is 0.558. The van der Waals surface area contributed by atoms with Crippen molar-refractivity contribution in [3.8, 4) is 0 Å². The zero-order valence-electron chi connectivity index (χ0n) is 14.7. The molecule has 0 aliphatic carbocycles. The molecule has 0 unspecified atom stereocenters. The molecule has 1 aromatic rings. The second kappa shape index (κ2) is 8.98. The first kappa shape index (κ1) is 19.4. The molecule has 1 saturated heterocycles. The maximum absolute atomic E-state index is 12.3. The standard InChI is InChI=1S/C18H22N2O6/c1-11(2)8-13(17(23)26-14-9-15(21)20-16(14)22)19-18(24)25-10-12-6-4-3-5-7-12/h3-7,11,13-14H,8-10H2,1-2H3,(H,19,24)(H,20,21,22)/t13-,14+/m1/s1. The molecule has 2 rings (SSSR count). The Morgan fingerprint density at radius 2 is 1.92 bits per heavy atom. The number of ether oxygens (including phenoxy) is 2. The van der Waals surface area contributed by atoms with Gasteiger partial charge in [-0.15, -0.1) is 0 Å². The SMILES string of the molecule is CC(C)C[C@@H](NC(=O)OCc1ccccc1)C(=O)O[C@H]1CC(=O)NC1=O. The molecule has 8 heteroatoms. The highest BCUT2D eigenvalue weighted by atomic mass is 16.6. The molecule has 1 fully saturated rings. The Balaban J connectivity index is 1.90. The van der Waals surface area contributed by atoms with Gasteiger partial charge in [-0.05, 0) is 17.9 Å². The zero-order valence-corrected chi connectivity index (χ0v) is 14.7. The van der Waals surface area contributed by atoms with Crippen molar-refractivity contribution in [2.24, 2.45) is 5.92 Å². The minimum absolute atomic E-state index is 0.0651. The third-order valence-corrected chi connectivity index (χ3v) is 3.68. The van der Waals surface area contributed by atoms with Gasteiger partial charge in [-0.3, -0.25) is 14.9 Å². The summed E-state index contributed by atoms with van der Waals surface area (Å²) in [5.74, 6) is -1.84. The first-order valence-electron chi connectivity index (χ1n) is 8.36. The Morgan fingerprint density at radius 1 is 1.23 bits per heavy atom. The number of benzene rings is 1. The van der Waals surface area contributed by atoms with Gasteiger partial charge < -0.3 is 14.8 Å². The average molecular weight is 362 g/mol. The van der Waals surface area contributed by atoms with E-state index >= 15 is 0 Å². The number of carbonyl (C=O) groups excluding carboxylic acids is 4. The number of amides is 3. The Labute approximate surface area is 151 Å². The molecule has 0 aromatic heterocycles. The van der Waals surface area contributed by atoms with Crippen LogP contribution in [0.5, 0.6) is 0 Å². The minimum atomic E-state index is -1.16. The topological polar surface area (TPSA) is 111 Å². The largest absolute Gasteiger partial charge is 0.450 e. The average Bonchev–Trinajstić information content (AvgIpc) is 2.90. The third kappa shape index (κ3) is 5.87. The second-order valence-electron chi connectivity index (χ2n) is 6.43. The van der Waals surface area contributed by atoms with Gasteiger partial charge in [0.15, 0.2) is 6.10 Å². The van der Waals surface area contributed by atoms with E-state index in [2.05, 4.69) is 10.6 Å². The van der Waals surface area contributed by atoms with Crippen molar-refractivity contribution < 1.29 is 28.7 Å². The number of nitrogens with one attached hydrogen (secondary N) is 2. The molecule has 2 atom stereocenters. The van der Waals surface area contributed by atoms with E-state index in [1.807, 2.05) is 44.2 Å². The van der Waals surface area contributed by atoms with Crippen LogP contribution < -0.4 is 10.6 Å². The maximum atomic E-state index is 12.3. The van der Waals surface area contributed by atoms with E-state index in [-0.39, 0.29) is 18.9 Å². The summed E-state index contributed by atoms with van der Waals surface area (Å²) in [5, 5.41) is 4.53. The predicted octanol–water partition coefficient (Wildman–Crippen LogP) is 1.29. The molecule has 2 N–H and O–H groups in total. The Morgan fingerprint density at radius 3 is 2.50 bits per heavy atom. The van der Waals surface area contributed by atoms with Gasteiger partial charge in [-0.1, -0.05) is 44.2 Å². The molecule has 0 bridgehead atoms. The summed E-state index contributed by atoms with van der Waals surface area (Å²) in [6.45, 7) is 3.82. The summed E-state index contributed by atoms with van der Waals surface area (Å²) in [6, 6.07) is 8.14. The number of esters is 1. The van der Waals surface area contributed by atoms with E-state index in [1.54, 1.807) is 0 Å². The van der Waals surface area contributed by atoms with Crippen LogP contribution in [0, 0.1) is 5.92 Å². The van der Waals surface area contributed by atoms with Crippen LogP contribution in [0.3, 0.4) is 0 Å². The van der Waals surface area contributed by atoms with E-state index in [9.17, 15) is 19.2 Å². The summed E-state index contributed by atoms with van der Waals surface area (Å²) in [7, 11) is 0. The fourth-order valence-corrected chi connectivity index (χ4v) is 2.44. The first-order chi connectivity index (χ1) is 12.3. The molecule has 140 valence electrons. The van der Waals surface area contributed by atoms with Gasteiger partial charge in [0.1, 0.15) is 12.6 Å².